The predicted octanol–water partition coefficient (Wildman–Crippen LogP) is 1.76. The Kier molecular flexibility index (Phi) is 5.41. The molecule has 1 atom stereocenters. The molecular weight excluding hydrogens is 307 g/mol. The van der Waals surface area contributed by atoms with E-state index >= 15 is 0 Å². The summed E-state index contributed by atoms with van der Waals surface area (Å²) in [5.41, 5.74) is 0.107. The van der Waals surface area contributed by atoms with Crippen LogP contribution in [0.25, 0.3) is 0 Å². The van der Waals surface area contributed by atoms with Crippen molar-refractivity contribution in [2.75, 3.05) is 33.8 Å². The Labute approximate surface area is 131 Å². The second-order valence-electron chi connectivity index (χ2n) is 5.63. The van der Waals surface area contributed by atoms with Gasteiger partial charge in [0.15, 0.2) is 11.6 Å². The third kappa shape index (κ3) is 3.26. The molecule has 124 valence electrons. The molecule has 0 amide bonds. The normalized spacial score (nSPS) is 20.1. The first-order valence-electron chi connectivity index (χ1n) is 7.39. The Morgan fingerprint density at radius 1 is 1.45 bits per heavy atom. The molecule has 1 aliphatic rings. The summed E-state index contributed by atoms with van der Waals surface area (Å²) in [6, 6.07) is 2.79. The number of nitrogens with one attached hydrogen (secondary N) is 1. The summed E-state index contributed by atoms with van der Waals surface area (Å²) in [4.78, 5) is 0.0240. The van der Waals surface area contributed by atoms with Crippen LogP contribution in [0.1, 0.15) is 18.4 Å². The summed E-state index contributed by atoms with van der Waals surface area (Å²) >= 11 is 0. The molecule has 5 nitrogen and oxygen atoms in total. The molecule has 1 aromatic rings. The summed E-state index contributed by atoms with van der Waals surface area (Å²) in [5.74, 6) is -0.271. The molecule has 1 aliphatic heterocycles. The van der Waals surface area contributed by atoms with Crippen LogP contribution in [0, 0.1) is 18.7 Å². The minimum Gasteiger partial charge on any atom is -0.494 e. The van der Waals surface area contributed by atoms with Gasteiger partial charge in [-0.15, -0.1) is 0 Å². The van der Waals surface area contributed by atoms with Crippen molar-refractivity contribution < 1.29 is 17.5 Å². The molecule has 1 fully saturated rings. The Hall–Kier alpha value is -1.18. The van der Waals surface area contributed by atoms with E-state index in [1.54, 1.807) is 0 Å². The summed E-state index contributed by atoms with van der Waals surface area (Å²) in [6.45, 7) is 3.20. The van der Waals surface area contributed by atoms with Gasteiger partial charge in [0.25, 0.3) is 0 Å². The second kappa shape index (κ2) is 6.93. The van der Waals surface area contributed by atoms with E-state index in [2.05, 4.69) is 5.32 Å². The molecule has 22 heavy (non-hydrogen) atoms. The number of rotatable bonds is 5. The van der Waals surface area contributed by atoms with Crippen molar-refractivity contribution >= 4 is 10.0 Å². The summed E-state index contributed by atoms with van der Waals surface area (Å²) in [6.07, 6.45) is 1.83. The van der Waals surface area contributed by atoms with Gasteiger partial charge in [0.05, 0.1) is 12.0 Å². The highest BCUT2D eigenvalue weighted by atomic mass is 32.2. The zero-order valence-electron chi connectivity index (χ0n) is 13.2. The molecule has 1 N–H and O–H groups in total. The van der Waals surface area contributed by atoms with Gasteiger partial charge in [-0.3, -0.25) is 0 Å². The van der Waals surface area contributed by atoms with Crippen molar-refractivity contribution in [2.24, 2.45) is 5.92 Å². The van der Waals surface area contributed by atoms with E-state index in [1.165, 1.54) is 30.5 Å². The second-order valence-corrected chi connectivity index (χ2v) is 7.54. The minimum atomic E-state index is -3.68. The van der Waals surface area contributed by atoms with Gasteiger partial charge in [0, 0.05) is 18.7 Å². The number of hydrogen-bond donors (Lipinski definition) is 1. The number of nitrogens with zero attached hydrogens (tertiary/aromatic N) is 1. The van der Waals surface area contributed by atoms with Crippen molar-refractivity contribution in [3.8, 4) is 5.75 Å². The van der Waals surface area contributed by atoms with Crippen LogP contribution >= 0.6 is 0 Å². The van der Waals surface area contributed by atoms with Crippen LogP contribution in [0.5, 0.6) is 5.75 Å². The first kappa shape index (κ1) is 17.2. The van der Waals surface area contributed by atoms with Crippen molar-refractivity contribution in [1.82, 2.24) is 9.62 Å². The lowest BCUT2D eigenvalue weighted by molar-refractivity contribution is 0.263. The van der Waals surface area contributed by atoms with Gasteiger partial charge < -0.3 is 10.1 Å². The Morgan fingerprint density at radius 2 is 2.18 bits per heavy atom. The molecule has 1 unspecified atom stereocenters. The highest BCUT2D eigenvalue weighted by molar-refractivity contribution is 7.89. The van der Waals surface area contributed by atoms with Gasteiger partial charge in [0.1, 0.15) is 0 Å². The van der Waals surface area contributed by atoms with E-state index in [-0.39, 0.29) is 22.1 Å². The van der Waals surface area contributed by atoms with Crippen molar-refractivity contribution in [3.05, 3.63) is 23.5 Å². The van der Waals surface area contributed by atoms with Gasteiger partial charge in [-0.2, -0.15) is 4.31 Å². The van der Waals surface area contributed by atoms with E-state index < -0.39 is 15.8 Å². The van der Waals surface area contributed by atoms with Crippen molar-refractivity contribution in [3.63, 3.8) is 0 Å². The van der Waals surface area contributed by atoms with E-state index in [1.807, 2.05) is 7.05 Å². The highest BCUT2D eigenvalue weighted by Crippen LogP contribution is 2.30. The molecule has 1 heterocycles. The predicted molar refractivity (Wildman–Crippen MR) is 83.1 cm³/mol. The Balaban J connectivity index is 2.32. The lowest BCUT2D eigenvalue weighted by Gasteiger charge is -2.32. The lowest BCUT2D eigenvalue weighted by Crippen LogP contribution is -2.42. The average Bonchev–Trinajstić information content (AvgIpc) is 2.50. The van der Waals surface area contributed by atoms with E-state index in [0.717, 1.165) is 19.4 Å². The molecule has 1 aromatic carbocycles. The number of methoxy groups -OCH3 is 1. The minimum absolute atomic E-state index is 0.0240. The number of benzene rings is 1. The fourth-order valence-electron chi connectivity index (χ4n) is 2.92. The third-order valence-corrected chi connectivity index (χ3v) is 6.12. The zero-order chi connectivity index (χ0) is 16.3. The standard InChI is InChI=1S/C15H23FN2O3S/c1-11-14(7-6-13(21-3)15(11)16)22(19,20)18-8-4-5-12(10-18)9-17-2/h6-7,12,17H,4-5,8-10H2,1-3H3. The fourth-order valence-corrected chi connectivity index (χ4v) is 4.69. The van der Waals surface area contributed by atoms with Crippen LogP contribution in [-0.4, -0.2) is 46.5 Å². The molecule has 0 spiro atoms. The molecule has 1 saturated heterocycles. The first-order valence-corrected chi connectivity index (χ1v) is 8.83. The maximum Gasteiger partial charge on any atom is 0.243 e. The molecular formula is C15H23FN2O3S. The number of ether oxygens (including phenoxy) is 1. The largest absolute Gasteiger partial charge is 0.494 e. The van der Waals surface area contributed by atoms with E-state index in [0.29, 0.717) is 13.1 Å². The van der Waals surface area contributed by atoms with E-state index in [9.17, 15) is 12.8 Å². The topological polar surface area (TPSA) is 58.6 Å². The van der Waals surface area contributed by atoms with Crippen LogP contribution in [0.3, 0.4) is 0 Å². The van der Waals surface area contributed by atoms with Gasteiger partial charge in [-0.25, -0.2) is 12.8 Å². The monoisotopic (exact) mass is 330 g/mol. The van der Waals surface area contributed by atoms with Gasteiger partial charge in [-0.1, -0.05) is 0 Å². The fraction of sp³-hybridized carbons (Fsp3) is 0.600. The van der Waals surface area contributed by atoms with Crippen LogP contribution in [0.2, 0.25) is 0 Å². The SMILES string of the molecule is CNCC1CCCN(S(=O)(=O)c2ccc(OC)c(F)c2C)C1. The van der Waals surface area contributed by atoms with Crippen molar-refractivity contribution in [2.45, 2.75) is 24.7 Å². The average molecular weight is 330 g/mol. The number of piperidine rings is 1. The molecule has 0 aromatic heterocycles. The Bertz CT molecular complexity index is 632. The molecule has 0 bridgehead atoms. The zero-order valence-corrected chi connectivity index (χ0v) is 14.0. The Morgan fingerprint density at radius 3 is 2.82 bits per heavy atom. The summed E-state index contributed by atoms with van der Waals surface area (Å²) in [5, 5.41) is 3.09. The summed E-state index contributed by atoms with van der Waals surface area (Å²) < 4.78 is 46.1. The highest BCUT2D eigenvalue weighted by Gasteiger charge is 2.32. The van der Waals surface area contributed by atoms with Crippen LogP contribution < -0.4 is 10.1 Å². The van der Waals surface area contributed by atoms with Crippen molar-refractivity contribution in [1.29, 1.82) is 0 Å². The molecule has 0 radical (unpaired) electrons. The first-order chi connectivity index (χ1) is 10.4. The third-order valence-electron chi connectivity index (χ3n) is 4.11. The van der Waals surface area contributed by atoms with E-state index in [4.69, 9.17) is 4.74 Å². The lowest BCUT2D eigenvalue weighted by atomic mass is 10.00. The van der Waals surface area contributed by atoms with Crippen LogP contribution in [0.15, 0.2) is 17.0 Å². The maximum absolute atomic E-state index is 14.1. The molecule has 7 heteroatoms. The summed E-state index contributed by atoms with van der Waals surface area (Å²) in [7, 11) is -0.464. The van der Waals surface area contributed by atoms with Gasteiger partial charge in [-0.05, 0) is 51.4 Å². The molecule has 0 saturated carbocycles. The number of hydrogen-bond acceptors (Lipinski definition) is 4. The molecule has 0 aliphatic carbocycles. The maximum atomic E-state index is 14.1. The smallest absolute Gasteiger partial charge is 0.243 e. The quantitative estimate of drug-likeness (QED) is 0.894. The van der Waals surface area contributed by atoms with Crippen LogP contribution in [-0.2, 0) is 10.0 Å². The van der Waals surface area contributed by atoms with Gasteiger partial charge in [0.2, 0.25) is 10.0 Å². The molecule has 2 rings (SSSR count). The number of sulfonamides is 1. The van der Waals surface area contributed by atoms with Crippen LogP contribution in [0.4, 0.5) is 4.39 Å². The van der Waals surface area contributed by atoms with Gasteiger partial charge >= 0.3 is 0 Å². The number of halogens is 1.